The van der Waals surface area contributed by atoms with Crippen molar-refractivity contribution in [3.05, 3.63) is 64.0 Å². The normalized spacial score (nSPS) is 14.8. The molecule has 1 heterocycles. The highest BCUT2D eigenvalue weighted by atomic mass is 32.2. The van der Waals surface area contributed by atoms with Crippen LogP contribution in [0, 0.1) is 16.2 Å². The van der Waals surface area contributed by atoms with E-state index in [0.29, 0.717) is 18.4 Å². The molecule has 3 rings (SSSR count). The zero-order chi connectivity index (χ0) is 39.7. The van der Waals surface area contributed by atoms with Crippen molar-refractivity contribution in [2.75, 3.05) is 12.4 Å². The van der Waals surface area contributed by atoms with Crippen molar-refractivity contribution in [1.29, 1.82) is 0 Å². The minimum absolute atomic E-state index is 0.0635. The van der Waals surface area contributed by atoms with Gasteiger partial charge in [-0.2, -0.15) is 39.5 Å². The molecular weight excluding hydrogens is 723 g/mol. The third-order valence-corrected chi connectivity index (χ3v) is 10.3. The average molecular weight is 769 g/mol. The quantitative estimate of drug-likeness (QED) is 0.0537. The molecule has 0 aliphatic rings. The first kappa shape index (κ1) is 43.2. The lowest BCUT2D eigenvalue weighted by molar-refractivity contribution is -0.310. The van der Waals surface area contributed by atoms with Crippen molar-refractivity contribution < 1.29 is 53.5 Å². The summed E-state index contributed by atoms with van der Waals surface area (Å²) < 4.78 is 141. The summed E-state index contributed by atoms with van der Waals surface area (Å²) in [6.45, 7) is 11.4. The van der Waals surface area contributed by atoms with Gasteiger partial charge in [0.15, 0.2) is 6.61 Å². The van der Waals surface area contributed by atoms with Gasteiger partial charge in [-0.3, -0.25) is 4.79 Å². The van der Waals surface area contributed by atoms with Gasteiger partial charge in [0.05, 0.1) is 22.3 Å². The maximum absolute atomic E-state index is 14.9. The number of benzene rings is 2. The zero-order valence-corrected chi connectivity index (χ0v) is 31.3. The van der Waals surface area contributed by atoms with E-state index in [0.717, 1.165) is 37.1 Å². The molecule has 0 aliphatic carbocycles. The number of hydrogen-bond acceptors (Lipinski definition) is 5. The summed E-state index contributed by atoms with van der Waals surface area (Å²) in [6, 6.07) is 8.16. The first-order valence-corrected chi connectivity index (χ1v) is 17.8. The molecule has 4 nitrogen and oxygen atoms in total. The highest BCUT2D eigenvalue weighted by molar-refractivity contribution is 7.99. The van der Waals surface area contributed by atoms with E-state index < -0.39 is 80.8 Å². The Kier molecular flexibility index (Phi) is 12.7. The van der Waals surface area contributed by atoms with Gasteiger partial charge in [0.2, 0.25) is 0 Å². The second-order valence-corrected chi connectivity index (χ2v) is 16.7. The molecule has 3 aromatic rings. The van der Waals surface area contributed by atoms with Crippen LogP contribution in [-0.2, 0) is 22.1 Å². The minimum Gasteiger partial charge on any atom is -0.459 e. The molecule has 0 saturated heterocycles. The summed E-state index contributed by atoms with van der Waals surface area (Å²) >= 11 is 0.0635. The van der Waals surface area contributed by atoms with Gasteiger partial charge in [-0.25, -0.2) is 4.79 Å². The summed E-state index contributed by atoms with van der Waals surface area (Å²) in [5, 5.41) is 0.0956. The third-order valence-electron chi connectivity index (χ3n) is 9.17. The molecule has 0 amide bonds. The molecular formula is C38H45F9O4S. The van der Waals surface area contributed by atoms with E-state index in [2.05, 4.69) is 4.74 Å². The standard InChI is InChI=1S/C38H45F9O4S/c1-9-10-11-12-23-13-16-26(28(17-23)37(43,44)45)27-18-24-14-15-25(19-29(24)51-30(27)48)52-22-36(41,42)38(46,47)35(39,40)21-50-31(49)34(8,33(5,6)7)20-32(2,3)4/h13-19H,9-12,20-22H2,1-8H3. The van der Waals surface area contributed by atoms with Gasteiger partial charge in [0.25, 0.3) is 0 Å². The monoisotopic (exact) mass is 768 g/mol. The molecule has 0 spiro atoms. The Morgan fingerprint density at radius 1 is 0.788 bits per heavy atom. The average Bonchev–Trinajstić information content (AvgIpc) is 3.00. The fourth-order valence-corrected chi connectivity index (χ4v) is 6.69. The molecule has 0 radical (unpaired) electrons. The zero-order valence-electron chi connectivity index (χ0n) is 30.4. The van der Waals surface area contributed by atoms with Crippen molar-refractivity contribution in [3.8, 4) is 11.1 Å². The first-order valence-electron chi connectivity index (χ1n) is 16.8. The lowest BCUT2D eigenvalue weighted by atomic mass is 9.61. The van der Waals surface area contributed by atoms with Crippen molar-refractivity contribution >= 4 is 28.7 Å². The van der Waals surface area contributed by atoms with Crippen LogP contribution in [0.4, 0.5) is 39.5 Å². The van der Waals surface area contributed by atoms with Crippen LogP contribution in [0.3, 0.4) is 0 Å². The smallest absolute Gasteiger partial charge is 0.417 e. The largest absolute Gasteiger partial charge is 0.459 e. The number of ether oxygens (including phenoxy) is 1. The first-order chi connectivity index (χ1) is 23.6. The highest BCUT2D eigenvalue weighted by Crippen LogP contribution is 2.50. The van der Waals surface area contributed by atoms with Crippen LogP contribution in [0.15, 0.2) is 56.6 Å². The van der Waals surface area contributed by atoms with E-state index in [9.17, 15) is 49.1 Å². The number of carbonyl (C=O) groups is 1. The molecule has 0 N–H and O–H groups in total. The number of carbonyl (C=O) groups excluding carboxylic acids is 1. The maximum Gasteiger partial charge on any atom is 0.417 e. The fraction of sp³-hybridized carbons (Fsp3) is 0.579. The predicted octanol–water partition coefficient (Wildman–Crippen LogP) is 12.2. The summed E-state index contributed by atoms with van der Waals surface area (Å²) in [5.74, 6) is -19.8. The molecule has 14 heteroatoms. The van der Waals surface area contributed by atoms with Crippen molar-refractivity contribution in [2.45, 2.75) is 116 Å². The number of halogens is 9. The van der Waals surface area contributed by atoms with Crippen molar-refractivity contribution in [3.63, 3.8) is 0 Å². The van der Waals surface area contributed by atoms with Gasteiger partial charge in [0.1, 0.15) is 5.58 Å². The summed E-state index contributed by atoms with van der Waals surface area (Å²) in [4.78, 5) is 25.7. The van der Waals surface area contributed by atoms with E-state index in [1.165, 1.54) is 25.1 Å². The highest BCUT2D eigenvalue weighted by Gasteiger charge is 2.72. The second-order valence-electron chi connectivity index (χ2n) is 15.6. The van der Waals surface area contributed by atoms with Crippen LogP contribution in [0.25, 0.3) is 22.1 Å². The molecule has 52 heavy (non-hydrogen) atoms. The van der Waals surface area contributed by atoms with Gasteiger partial charge in [-0.1, -0.05) is 79.5 Å². The Morgan fingerprint density at radius 2 is 1.42 bits per heavy atom. The van der Waals surface area contributed by atoms with Crippen molar-refractivity contribution in [2.24, 2.45) is 16.2 Å². The van der Waals surface area contributed by atoms with Crippen LogP contribution in [-0.4, -0.2) is 36.1 Å². The summed E-state index contributed by atoms with van der Waals surface area (Å²) in [5.41, 5.74) is -5.63. The summed E-state index contributed by atoms with van der Waals surface area (Å²) in [6.07, 6.45) is -1.87. The molecule has 1 unspecified atom stereocenters. The Bertz CT molecular complexity index is 1790. The second kappa shape index (κ2) is 15.3. The number of rotatable bonds is 14. The number of thioether (sulfide) groups is 1. The molecule has 0 fully saturated rings. The minimum atomic E-state index is -5.95. The molecule has 1 atom stereocenters. The molecule has 2 aromatic carbocycles. The molecule has 0 aliphatic heterocycles. The SMILES string of the molecule is CCCCCc1ccc(-c2cc3ccc(SCC(F)(F)C(F)(F)C(F)(F)COC(=O)C(C)(CC(C)(C)C)C(C)(C)C)cc3oc2=O)c(C(F)(F)F)c1. The van der Waals surface area contributed by atoms with Crippen LogP contribution >= 0.6 is 11.8 Å². The molecule has 1 aromatic heterocycles. The number of hydrogen-bond donors (Lipinski definition) is 0. The van der Waals surface area contributed by atoms with Crippen LogP contribution < -0.4 is 5.63 Å². The number of aryl methyl sites for hydroxylation is 1. The number of alkyl halides is 9. The number of unbranched alkanes of at least 4 members (excludes halogenated alkanes) is 2. The number of fused-ring (bicyclic) bond motifs is 1. The molecule has 0 bridgehead atoms. The Morgan fingerprint density at radius 3 is 1.98 bits per heavy atom. The molecule has 0 saturated carbocycles. The van der Waals surface area contributed by atoms with Gasteiger partial charge in [0, 0.05) is 15.8 Å². The molecule has 290 valence electrons. The van der Waals surface area contributed by atoms with E-state index in [1.54, 1.807) is 41.5 Å². The van der Waals surface area contributed by atoms with Gasteiger partial charge >= 0.3 is 35.5 Å². The Hall–Kier alpha value is -3.16. The van der Waals surface area contributed by atoms with Crippen LogP contribution in [0.5, 0.6) is 0 Å². The van der Waals surface area contributed by atoms with E-state index in [1.807, 2.05) is 6.92 Å². The third kappa shape index (κ3) is 9.68. The predicted molar refractivity (Wildman–Crippen MR) is 184 cm³/mol. The number of esters is 1. The fourth-order valence-electron chi connectivity index (χ4n) is 5.81. The Balaban J connectivity index is 1.82. The summed E-state index contributed by atoms with van der Waals surface area (Å²) in [7, 11) is 0. The van der Waals surface area contributed by atoms with Gasteiger partial charge < -0.3 is 9.15 Å². The van der Waals surface area contributed by atoms with E-state index in [-0.39, 0.29) is 34.0 Å². The van der Waals surface area contributed by atoms with Crippen molar-refractivity contribution in [1.82, 2.24) is 0 Å². The maximum atomic E-state index is 14.9. The van der Waals surface area contributed by atoms with E-state index >= 15 is 0 Å². The Labute approximate surface area is 301 Å². The van der Waals surface area contributed by atoms with Gasteiger partial charge in [-0.15, -0.1) is 11.8 Å². The van der Waals surface area contributed by atoms with Gasteiger partial charge in [-0.05, 0) is 66.8 Å². The van der Waals surface area contributed by atoms with E-state index in [4.69, 9.17) is 4.42 Å². The van der Waals surface area contributed by atoms with Crippen LogP contribution in [0.2, 0.25) is 0 Å². The topological polar surface area (TPSA) is 56.5 Å². The lowest BCUT2D eigenvalue weighted by Crippen LogP contribution is -2.58. The van der Waals surface area contributed by atoms with Crippen LogP contribution in [0.1, 0.15) is 92.2 Å². The lowest BCUT2D eigenvalue weighted by Gasteiger charge is -2.43.